The number of methoxy groups -OCH3 is 1. The highest BCUT2D eigenvalue weighted by Crippen LogP contribution is 2.33. The van der Waals surface area contributed by atoms with Crippen LogP contribution in [-0.4, -0.2) is 30.6 Å². The highest BCUT2D eigenvalue weighted by atomic mass is 16.7. The number of aliphatic hydroxyl groups is 1. The molecule has 2 aromatic carbocycles. The fraction of sp³-hybridized carbons (Fsp3) is 0.400. The maximum Gasteiger partial charge on any atom is 0.146 e. The van der Waals surface area contributed by atoms with Crippen molar-refractivity contribution in [2.45, 2.75) is 52.7 Å². The third kappa shape index (κ3) is 7.82. The molecule has 2 atom stereocenters. The van der Waals surface area contributed by atoms with Crippen LogP contribution in [0, 0.1) is 11.8 Å². The lowest BCUT2D eigenvalue weighted by Crippen LogP contribution is -2.03. The molecule has 5 nitrogen and oxygen atoms in total. The van der Waals surface area contributed by atoms with E-state index in [1.165, 1.54) is 16.7 Å². The van der Waals surface area contributed by atoms with Gasteiger partial charge in [0, 0.05) is 18.9 Å². The Kier molecular flexibility index (Phi) is 10.2. The summed E-state index contributed by atoms with van der Waals surface area (Å²) in [5, 5.41) is 9.07. The predicted octanol–water partition coefficient (Wildman–Crippen LogP) is 5.75. The lowest BCUT2D eigenvalue weighted by atomic mass is 10.0. The number of aliphatic hydroxyl groups excluding tert-OH is 1. The lowest BCUT2D eigenvalue weighted by molar-refractivity contribution is -0.120. The van der Waals surface area contributed by atoms with Crippen LogP contribution in [0.4, 0.5) is 0 Å². The Balaban J connectivity index is 0.000000198. The average molecular weight is 477 g/mol. The van der Waals surface area contributed by atoms with Crippen molar-refractivity contribution in [2.75, 3.05) is 13.9 Å². The van der Waals surface area contributed by atoms with Crippen LogP contribution in [-0.2, 0) is 32.3 Å². The van der Waals surface area contributed by atoms with E-state index in [0.717, 1.165) is 42.4 Å². The molecule has 0 aromatic heterocycles. The minimum atomic E-state index is 0.0667. The Morgan fingerprint density at radius 2 is 1.37 bits per heavy atom. The minimum absolute atomic E-state index is 0.0667. The van der Waals surface area contributed by atoms with Crippen LogP contribution in [0.15, 0.2) is 60.7 Å². The normalized spacial score (nSPS) is 19.0. The van der Waals surface area contributed by atoms with E-state index in [-0.39, 0.29) is 30.0 Å². The van der Waals surface area contributed by atoms with E-state index in [2.05, 4.69) is 24.3 Å². The summed E-state index contributed by atoms with van der Waals surface area (Å²) in [6.07, 6.45) is 7.98. The van der Waals surface area contributed by atoms with Crippen LogP contribution in [0.1, 0.15) is 61.8 Å². The number of hydrogen-bond donors (Lipinski definition) is 1. The molecule has 0 bridgehead atoms. The Morgan fingerprint density at radius 3 is 1.83 bits per heavy atom. The molecule has 0 spiro atoms. The molecular formula is C30H36O5. The third-order valence-corrected chi connectivity index (χ3v) is 6.55. The summed E-state index contributed by atoms with van der Waals surface area (Å²) in [6, 6.07) is 16.2. The highest BCUT2D eigenvalue weighted by Gasteiger charge is 2.21. The van der Waals surface area contributed by atoms with Gasteiger partial charge in [-0.2, -0.15) is 0 Å². The Bertz CT molecular complexity index is 1080. The van der Waals surface area contributed by atoms with Crippen LogP contribution in [0.5, 0.6) is 0 Å². The second-order valence-corrected chi connectivity index (χ2v) is 9.21. The molecule has 0 saturated carbocycles. The number of carbonyl (C=O) groups excluding carboxylic acids is 2. The van der Waals surface area contributed by atoms with E-state index in [4.69, 9.17) is 14.6 Å². The summed E-state index contributed by atoms with van der Waals surface area (Å²) in [7, 11) is 1.61. The molecule has 2 aromatic rings. The molecule has 2 aliphatic rings. The average Bonchev–Trinajstić information content (AvgIpc) is 3.56. The Morgan fingerprint density at radius 1 is 0.857 bits per heavy atom. The van der Waals surface area contributed by atoms with Crippen molar-refractivity contribution in [1.82, 2.24) is 0 Å². The van der Waals surface area contributed by atoms with Crippen molar-refractivity contribution < 1.29 is 24.2 Å². The van der Waals surface area contributed by atoms with Gasteiger partial charge in [-0.1, -0.05) is 48.6 Å². The maximum absolute atomic E-state index is 11.4. The largest absolute Gasteiger partial charge is 0.392 e. The second kappa shape index (κ2) is 13.3. The molecule has 186 valence electrons. The number of ketones is 2. The first-order valence-corrected chi connectivity index (χ1v) is 12.2. The molecule has 0 amide bonds. The number of Topliss-reactive ketones (excluding diaryl/α,β-unsaturated/α-hetero) is 2. The van der Waals surface area contributed by atoms with Crippen molar-refractivity contribution in [3.8, 4) is 0 Å². The zero-order valence-corrected chi connectivity index (χ0v) is 21.0. The smallest absolute Gasteiger partial charge is 0.146 e. The van der Waals surface area contributed by atoms with Crippen molar-refractivity contribution in [1.29, 1.82) is 0 Å². The van der Waals surface area contributed by atoms with E-state index in [1.807, 2.05) is 36.4 Å². The molecule has 35 heavy (non-hydrogen) atoms. The fourth-order valence-electron chi connectivity index (χ4n) is 4.54. The predicted molar refractivity (Wildman–Crippen MR) is 138 cm³/mol. The van der Waals surface area contributed by atoms with Gasteiger partial charge in [0.05, 0.1) is 13.2 Å². The number of allylic oxidation sites excluding steroid dienone is 4. The minimum Gasteiger partial charge on any atom is -0.392 e. The molecule has 0 aliphatic heterocycles. The first-order valence-electron chi connectivity index (χ1n) is 12.2. The summed E-state index contributed by atoms with van der Waals surface area (Å²) < 4.78 is 10.2. The third-order valence-electron chi connectivity index (χ3n) is 6.55. The van der Waals surface area contributed by atoms with Gasteiger partial charge < -0.3 is 14.6 Å². The summed E-state index contributed by atoms with van der Waals surface area (Å²) >= 11 is 0. The molecule has 4 rings (SSSR count). The summed E-state index contributed by atoms with van der Waals surface area (Å²) in [6.45, 7) is 4.23. The van der Waals surface area contributed by atoms with Gasteiger partial charge in [-0.3, -0.25) is 9.59 Å². The molecule has 0 unspecified atom stereocenters. The van der Waals surface area contributed by atoms with Gasteiger partial charge in [-0.05, 0) is 85.1 Å². The van der Waals surface area contributed by atoms with Gasteiger partial charge >= 0.3 is 0 Å². The Labute approximate surface area is 208 Å². The van der Waals surface area contributed by atoms with Crippen molar-refractivity contribution in [3.63, 3.8) is 0 Å². The molecular weight excluding hydrogens is 440 g/mol. The summed E-state index contributed by atoms with van der Waals surface area (Å²) in [4.78, 5) is 22.6. The van der Waals surface area contributed by atoms with Gasteiger partial charge in [-0.15, -0.1) is 0 Å². The Hall–Kier alpha value is -2.86. The van der Waals surface area contributed by atoms with Crippen molar-refractivity contribution in [2.24, 2.45) is 11.8 Å². The van der Waals surface area contributed by atoms with Crippen LogP contribution >= 0.6 is 0 Å². The van der Waals surface area contributed by atoms with Gasteiger partial charge in [0.25, 0.3) is 0 Å². The number of hydrogen-bond acceptors (Lipinski definition) is 5. The van der Waals surface area contributed by atoms with E-state index >= 15 is 0 Å². The number of rotatable bonds is 9. The van der Waals surface area contributed by atoms with Crippen molar-refractivity contribution >= 4 is 22.7 Å². The number of carbonyl (C=O) groups is 2. The summed E-state index contributed by atoms with van der Waals surface area (Å²) in [5.41, 5.74) is 6.88. The van der Waals surface area contributed by atoms with Gasteiger partial charge in [0.1, 0.15) is 18.4 Å². The van der Waals surface area contributed by atoms with Crippen molar-refractivity contribution in [3.05, 3.63) is 82.9 Å². The topological polar surface area (TPSA) is 72.8 Å². The molecule has 0 radical (unpaired) electrons. The zero-order valence-electron chi connectivity index (χ0n) is 21.0. The van der Waals surface area contributed by atoms with Crippen LogP contribution in [0.2, 0.25) is 0 Å². The van der Waals surface area contributed by atoms with Crippen LogP contribution in [0.3, 0.4) is 0 Å². The summed E-state index contributed by atoms with van der Waals surface area (Å²) in [5.74, 6) is 0.694. The maximum atomic E-state index is 11.4. The highest BCUT2D eigenvalue weighted by molar-refractivity contribution is 5.85. The molecule has 0 heterocycles. The zero-order chi connectivity index (χ0) is 25.2. The van der Waals surface area contributed by atoms with E-state index < -0.39 is 0 Å². The molecule has 2 aliphatic carbocycles. The van der Waals surface area contributed by atoms with Gasteiger partial charge in [0.2, 0.25) is 0 Å². The SMILES string of the molecule is CC(=O)[C@H]1C=C(c2cccc(CO)c2)CC1.COCOCc1cccc(C2=C[C@H](C(C)=O)CC2)c1. The quantitative estimate of drug-likeness (QED) is 0.368. The molecule has 0 saturated heterocycles. The van der Waals surface area contributed by atoms with Crippen LogP contribution < -0.4 is 0 Å². The van der Waals surface area contributed by atoms with Gasteiger partial charge in [-0.25, -0.2) is 0 Å². The molecule has 0 fully saturated rings. The number of ether oxygens (including phenoxy) is 2. The second-order valence-electron chi connectivity index (χ2n) is 9.21. The van der Waals surface area contributed by atoms with Crippen LogP contribution in [0.25, 0.3) is 11.1 Å². The standard InChI is InChI=1S/C16H20O3.C14H16O2/c1-12(17)14-6-7-16(9-14)15-5-3-4-13(8-15)10-19-11-18-2;1-10(16)12-5-6-14(8-12)13-4-2-3-11(7-13)9-15/h3-5,8-9,14H,6-7,10-11H2,1-2H3;2-4,7-8,12,15H,5-6,9H2,1H3/t14-;12-/m11/s1. The first-order chi connectivity index (χ1) is 16.9. The first kappa shape index (κ1) is 26.7. The van der Waals surface area contributed by atoms with E-state index in [1.54, 1.807) is 21.0 Å². The molecule has 5 heteroatoms. The van der Waals surface area contributed by atoms with Gasteiger partial charge in [0.15, 0.2) is 0 Å². The monoisotopic (exact) mass is 476 g/mol. The molecule has 1 N–H and O–H groups in total. The number of benzene rings is 2. The van der Waals surface area contributed by atoms with E-state index in [0.29, 0.717) is 13.4 Å². The van der Waals surface area contributed by atoms with E-state index in [9.17, 15) is 9.59 Å². The fourth-order valence-corrected chi connectivity index (χ4v) is 4.54. The lowest BCUT2D eigenvalue weighted by Gasteiger charge is -2.06.